The molecule has 106 valence electrons. The minimum Gasteiger partial charge on any atom is -0.397 e. The molecule has 0 aliphatic carbocycles. The summed E-state index contributed by atoms with van der Waals surface area (Å²) in [6.07, 6.45) is 3.72. The van der Waals surface area contributed by atoms with Gasteiger partial charge in [0.1, 0.15) is 0 Å². The lowest BCUT2D eigenvalue weighted by Gasteiger charge is -2.18. The molecule has 1 rings (SSSR count). The Morgan fingerprint density at radius 1 is 1.47 bits per heavy atom. The number of hydrogen-bond acceptors (Lipinski definition) is 4. The van der Waals surface area contributed by atoms with E-state index >= 15 is 0 Å². The summed E-state index contributed by atoms with van der Waals surface area (Å²) in [5.41, 5.74) is 7.39. The number of hydrogen-bond donors (Lipinski definition) is 1. The van der Waals surface area contributed by atoms with Crippen molar-refractivity contribution in [1.82, 2.24) is 4.98 Å². The van der Waals surface area contributed by atoms with E-state index < -0.39 is 4.92 Å². The van der Waals surface area contributed by atoms with Crippen molar-refractivity contribution in [1.29, 1.82) is 0 Å². The lowest BCUT2D eigenvalue weighted by molar-refractivity contribution is -0.385. The van der Waals surface area contributed by atoms with Crippen LogP contribution in [-0.2, 0) is 0 Å². The third-order valence-electron chi connectivity index (χ3n) is 3.39. The van der Waals surface area contributed by atoms with Gasteiger partial charge in [-0.1, -0.05) is 38.3 Å². The van der Waals surface area contributed by atoms with Crippen LogP contribution in [0.2, 0.25) is 5.15 Å². The molecule has 0 aliphatic heterocycles. The van der Waals surface area contributed by atoms with Crippen LogP contribution in [-0.4, -0.2) is 9.91 Å². The molecule has 5 nitrogen and oxygen atoms in total. The summed E-state index contributed by atoms with van der Waals surface area (Å²) >= 11 is 5.93. The number of unbranched alkanes of at least 4 members (excludes halogenated alkanes) is 1. The van der Waals surface area contributed by atoms with Crippen molar-refractivity contribution in [3.8, 4) is 0 Å². The fourth-order valence-electron chi connectivity index (χ4n) is 2.28. The average Bonchev–Trinajstić information content (AvgIpc) is 2.35. The first-order valence-electron chi connectivity index (χ1n) is 6.53. The topological polar surface area (TPSA) is 82.0 Å². The number of pyridine rings is 1. The lowest BCUT2D eigenvalue weighted by atomic mass is 9.89. The number of nitrogens with zero attached hydrogens (tertiary/aromatic N) is 2. The highest BCUT2D eigenvalue weighted by atomic mass is 35.5. The van der Waals surface area contributed by atoms with Gasteiger partial charge in [0.2, 0.25) is 5.15 Å². The summed E-state index contributed by atoms with van der Waals surface area (Å²) in [4.78, 5) is 14.7. The fourth-order valence-corrected chi connectivity index (χ4v) is 2.58. The van der Waals surface area contributed by atoms with E-state index in [-0.39, 0.29) is 16.8 Å². The number of nitro groups is 1. The molecule has 2 N–H and O–H groups in total. The summed E-state index contributed by atoms with van der Waals surface area (Å²) in [5, 5.41) is 11.2. The molecule has 0 amide bonds. The van der Waals surface area contributed by atoms with E-state index in [1.807, 2.05) is 6.92 Å². The summed E-state index contributed by atoms with van der Waals surface area (Å²) in [7, 11) is 0. The predicted octanol–water partition coefficient (Wildman–Crippen LogP) is 4.22. The van der Waals surface area contributed by atoms with Crippen LogP contribution >= 0.6 is 11.6 Å². The Kier molecular flexibility index (Phi) is 5.54. The first-order chi connectivity index (χ1) is 8.93. The van der Waals surface area contributed by atoms with Crippen LogP contribution in [0.4, 0.5) is 11.4 Å². The maximum atomic E-state index is 11.2. The van der Waals surface area contributed by atoms with Gasteiger partial charge >= 0.3 is 5.69 Å². The third kappa shape index (κ3) is 3.35. The van der Waals surface area contributed by atoms with E-state index in [1.54, 1.807) is 6.92 Å². The van der Waals surface area contributed by atoms with Crippen molar-refractivity contribution >= 4 is 23.0 Å². The average molecular weight is 286 g/mol. The van der Waals surface area contributed by atoms with Crippen molar-refractivity contribution in [3.05, 3.63) is 26.5 Å². The second-order valence-electron chi connectivity index (χ2n) is 4.67. The van der Waals surface area contributed by atoms with Gasteiger partial charge in [0.25, 0.3) is 0 Å². The molecule has 0 radical (unpaired) electrons. The zero-order valence-corrected chi connectivity index (χ0v) is 12.3. The molecule has 0 aliphatic rings. The molecule has 6 heteroatoms. The molecular formula is C13H20ClN3O2. The van der Waals surface area contributed by atoms with Gasteiger partial charge in [-0.05, 0) is 25.7 Å². The number of anilines is 1. The first-order valence-corrected chi connectivity index (χ1v) is 6.91. The molecular weight excluding hydrogens is 266 g/mol. The Morgan fingerprint density at radius 3 is 2.58 bits per heavy atom. The van der Waals surface area contributed by atoms with Crippen LogP contribution in [0.25, 0.3) is 0 Å². The van der Waals surface area contributed by atoms with Gasteiger partial charge in [0.05, 0.1) is 21.9 Å². The fraction of sp³-hybridized carbons (Fsp3) is 0.615. The Bertz CT molecular complexity index is 477. The number of halogens is 1. The second kappa shape index (κ2) is 6.70. The monoisotopic (exact) mass is 285 g/mol. The smallest absolute Gasteiger partial charge is 0.311 e. The molecule has 0 saturated heterocycles. The number of rotatable bonds is 6. The van der Waals surface area contributed by atoms with Crippen LogP contribution in [0.5, 0.6) is 0 Å². The van der Waals surface area contributed by atoms with Gasteiger partial charge in [-0.25, -0.2) is 4.98 Å². The van der Waals surface area contributed by atoms with E-state index in [1.165, 1.54) is 0 Å². The number of aryl methyl sites for hydroxylation is 1. The zero-order valence-electron chi connectivity index (χ0n) is 11.6. The first kappa shape index (κ1) is 15.7. The highest BCUT2D eigenvalue weighted by Crippen LogP contribution is 2.41. The standard InChI is InChI=1S/C13H20ClN3O2/c1-4-6-7-9(5-2)10-11(15)8(3)16-13(14)12(10)17(18)19/h9H,4-7,15H2,1-3H3. The molecule has 0 aromatic carbocycles. The van der Waals surface area contributed by atoms with Crippen molar-refractivity contribution in [2.75, 3.05) is 5.73 Å². The van der Waals surface area contributed by atoms with Gasteiger partial charge in [0, 0.05) is 0 Å². The molecule has 0 spiro atoms. The molecule has 1 atom stereocenters. The van der Waals surface area contributed by atoms with E-state index in [2.05, 4.69) is 11.9 Å². The van der Waals surface area contributed by atoms with Crippen molar-refractivity contribution < 1.29 is 4.92 Å². The van der Waals surface area contributed by atoms with E-state index in [4.69, 9.17) is 17.3 Å². The van der Waals surface area contributed by atoms with Crippen molar-refractivity contribution in [2.24, 2.45) is 0 Å². The lowest BCUT2D eigenvalue weighted by Crippen LogP contribution is -2.10. The summed E-state index contributed by atoms with van der Waals surface area (Å²) in [5.74, 6) is 0.0551. The van der Waals surface area contributed by atoms with Gasteiger partial charge in [0.15, 0.2) is 0 Å². The summed E-state index contributed by atoms with van der Waals surface area (Å²) in [6.45, 7) is 5.82. The minimum atomic E-state index is -0.477. The number of nitrogens with two attached hydrogens (primary N) is 1. The predicted molar refractivity (Wildman–Crippen MR) is 77.6 cm³/mol. The van der Waals surface area contributed by atoms with Crippen LogP contribution < -0.4 is 5.73 Å². The van der Waals surface area contributed by atoms with Crippen LogP contribution in [0.15, 0.2) is 0 Å². The maximum absolute atomic E-state index is 11.2. The van der Waals surface area contributed by atoms with Crippen LogP contribution in [0.3, 0.4) is 0 Å². The van der Waals surface area contributed by atoms with E-state index in [0.717, 1.165) is 25.7 Å². The molecule has 1 aromatic heterocycles. The molecule has 19 heavy (non-hydrogen) atoms. The zero-order chi connectivity index (χ0) is 14.6. The summed E-state index contributed by atoms with van der Waals surface area (Å²) < 4.78 is 0. The SMILES string of the molecule is CCCCC(CC)c1c(N)c(C)nc(Cl)c1[N+](=O)[O-]. The normalized spacial score (nSPS) is 12.4. The highest BCUT2D eigenvalue weighted by molar-refractivity contribution is 6.31. The van der Waals surface area contributed by atoms with Crippen molar-refractivity contribution in [3.63, 3.8) is 0 Å². The van der Waals surface area contributed by atoms with E-state index in [9.17, 15) is 10.1 Å². The van der Waals surface area contributed by atoms with E-state index in [0.29, 0.717) is 16.9 Å². The van der Waals surface area contributed by atoms with Crippen molar-refractivity contribution in [2.45, 2.75) is 52.4 Å². The Balaban J connectivity index is 3.40. The van der Waals surface area contributed by atoms with Crippen LogP contribution in [0.1, 0.15) is 56.7 Å². The molecule has 0 fully saturated rings. The van der Waals surface area contributed by atoms with Gasteiger partial charge in [-0.2, -0.15) is 0 Å². The number of nitrogen functional groups attached to an aromatic ring is 1. The minimum absolute atomic E-state index is 0.0551. The van der Waals surface area contributed by atoms with Gasteiger partial charge < -0.3 is 5.73 Å². The Morgan fingerprint density at radius 2 is 2.11 bits per heavy atom. The molecule has 0 saturated carbocycles. The molecule has 1 heterocycles. The summed E-state index contributed by atoms with van der Waals surface area (Å²) in [6, 6.07) is 0. The maximum Gasteiger partial charge on any atom is 0.311 e. The molecule has 1 aromatic rings. The van der Waals surface area contributed by atoms with Crippen LogP contribution in [0, 0.1) is 17.0 Å². The Labute approximate surface area is 118 Å². The van der Waals surface area contributed by atoms with Gasteiger partial charge in [-0.15, -0.1) is 0 Å². The quantitative estimate of drug-likeness (QED) is 0.482. The van der Waals surface area contributed by atoms with Gasteiger partial charge in [-0.3, -0.25) is 10.1 Å². The highest BCUT2D eigenvalue weighted by Gasteiger charge is 2.29. The number of aromatic nitrogens is 1. The largest absolute Gasteiger partial charge is 0.397 e. The Hall–Kier alpha value is -1.36. The molecule has 1 unspecified atom stereocenters. The third-order valence-corrected chi connectivity index (χ3v) is 3.65. The second-order valence-corrected chi connectivity index (χ2v) is 5.03. The molecule has 0 bridgehead atoms.